The molecule has 0 saturated heterocycles. The predicted octanol–water partition coefficient (Wildman–Crippen LogP) is 12.3. The van der Waals surface area contributed by atoms with Crippen LogP contribution in [0.25, 0.3) is 43.1 Å². The van der Waals surface area contributed by atoms with Gasteiger partial charge in [-0.15, -0.1) is 13.0 Å². The summed E-state index contributed by atoms with van der Waals surface area (Å²) in [6, 6.07) is 53.0. The molecule has 0 atom stereocenters. The molecule has 9 aromatic rings. The smallest absolute Gasteiger partial charge is 0.296 e. The summed E-state index contributed by atoms with van der Waals surface area (Å²) in [5.74, 6) is 0.522. The molecule has 10 N–H and O–H groups in total. The fraction of sp³-hybridized carbons (Fsp3) is 0.0213. The van der Waals surface area contributed by atoms with E-state index in [4.69, 9.17) is 37.2 Å². The van der Waals surface area contributed by atoms with Gasteiger partial charge in [0.05, 0.1) is 29.8 Å². The van der Waals surface area contributed by atoms with E-state index in [1.165, 1.54) is 28.5 Å². The minimum atomic E-state index is -4.38. The van der Waals surface area contributed by atoms with Gasteiger partial charge in [0, 0.05) is 67.0 Å². The SMILES string of the molecule is Cc1cccc2cccc(Nc3ccccc3)c12.Nc1cc2ccc(SOOO)cc2cc1S(=O)(=O)O.Nc1cccc2c(OOOS)cccc12.Nc1cccc2ccc(SOOO)cc12. The lowest BCUT2D eigenvalue weighted by Gasteiger charge is -2.11. The number of benzene rings is 9. The van der Waals surface area contributed by atoms with E-state index in [0.29, 0.717) is 32.8 Å². The zero-order chi connectivity index (χ0) is 47.8. The highest BCUT2D eigenvalue weighted by Crippen LogP contribution is 2.32. The van der Waals surface area contributed by atoms with Crippen molar-refractivity contribution in [1.29, 1.82) is 0 Å². The van der Waals surface area contributed by atoms with Crippen molar-refractivity contribution in [3.05, 3.63) is 175 Å². The molecule has 0 heterocycles. The van der Waals surface area contributed by atoms with Crippen LogP contribution in [0.3, 0.4) is 0 Å². The molecule has 0 fully saturated rings. The minimum Gasteiger partial charge on any atom is -0.398 e. The Kier molecular flexibility index (Phi) is 18.3. The van der Waals surface area contributed by atoms with Crippen LogP contribution in [0.1, 0.15) is 5.56 Å². The minimum absolute atomic E-state index is 0.0367. The summed E-state index contributed by atoms with van der Waals surface area (Å²) in [6.45, 7) is 2.15. The molecule has 0 aliphatic heterocycles. The number of hydrogen-bond donors (Lipinski definition) is 8. The lowest BCUT2D eigenvalue weighted by Crippen LogP contribution is -2.03. The van der Waals surface area contributed by atoms with Crippen LogP contribution in [-0.4, -0.2) is 23.5 Å². The maximum Gasteiger partial charge on any atom is 0.296 e. The van der Waals surface area contributed by atoms with Gasteiger partial charge in [0.25, 0.3) is 10.1 Å². The van der Waals surface area contributed by atoms with Crippen LogP contribution >= 0.6 is 37.0 Å². The second-order valence-corrected chi connectivity index (χ2v) is 17.0. The van der Waals surface area contributed by atoms with Crippen LogP contribution in [-0.2, 0) is 38.2 Å². The Hall–Kier alpha value is -6.34. The number of aryl methyl sites for hydroxylation is 1. The molecular formula is C47H42N4O12S4. The first-order chi connectivity index (χ1) is 32.4. The number of fused-ring (bicyclic) bond motifs is 4. The van der Waals surface area contributed by atoms with E-state index >= 15 is 0 Å². The normalized spacial score (nSPS) is 10.9. The van der Waals surface area contributed by atoms with Crippen molar-refractivity contribution in [2.75, 3.05) is 22.5 Å². The second kappa shape index (κ2) is 24.4. The van der Waals surface area contributed by atoms with Gasteiger partial charge in [-0.25, -0.2) is 10.5 Å². The van der Waals surface area contributed by atoms with Crippen LogP contribution < -0.4 is 27.4 Å². The molecule has 0 amide bonds. The summed E-state index contributed by atoms with van der Waals surface area (Å²) in [7, 11) is -4.38. The number of thiol groups is 1. The Labute approximate surface area is 398 Å². The van der Waals surface area contributed by atoms with E-state index in [2.05, 4.69) is 102 Å². The molecule has 0 bridgehead atoms. The first kappa shape index (κ1) is 50.1. The van der Waals surface area contributed by atoms with E-state index in [1.807, 2.05) is 84.9 Å². The number of para-hydroxylation sites is 1. The van der Waals surface area contributed by atoms with Gasteiger partial charge >= 0.3 is 0 Å². The monoisotopic (exact) mass is 982 g/mol. The molecule has 346 valence electrons. The molecule has 0 aliphatic carbocycles. The molecule has 16 nitrogen and oxygen atoms in total. The molecule has 0 saturated carbocycles. The topological polar surface area (TPSA) is 250 Å². The number of hydrogen-bond acceptors (Lipinski definition) is 18. The average molecular weight is 983 g/mol. The number of anilines is 5. The summed E-state index contributed by atoms with van der Waals surface area (Å²) >= 11 is 5.05. The molecule has 9 aromatic carbocycles. The Morgan fingerprint density at radius 1 is 0.567 bits per heavy atom. The van der Waals surface area contributed by atoms with Crippen molar-refractivity contribution in [3.8, 4) is 5.75 Å². The lowest BCUT2D eigenvalue weighted by atomic mass is 10.0. The number of nitrogens with one attached hydrogen (secondary N) is 1. The van der Waals surface area contributed by atoms with Gasteiger partial charge in [-0.05, 0) is 112 Å². The third kappa shape index (κ3) is 13.9. The van der Waals surface area contributed by atoms with E-state index in [0.717, 1.165) is 61.9 Å². The summed E-state index contributed by atoms with van der Waals surface area (Å²) in [5.41, 5.74) is 22.1. The number of nitrogen functional groups attached to an aromatic ring is 3. The molecule has 0 unspecified atom stereocenters. The van der Waals surface area contributed by atoms with Crippen LogP contribution in [0.2, 0.25) is 0 Å². The summed E-state index contributed by atoms with van der Waals surface area (Å²) < 4.78 is 44.0. The Bertz CT molecular complexity index is 3170. The maximum atomic E-state index is 11.1. The van der Waals surface area contributed by atoms with Gasteiger partial charge in [0.1, 0.15) is 4.90 Å². The van der Waals surface area contributed by atoms with Gasteiger partial charge in [0.15, 0.2) is 5.75 Å². The van der Waals surface area contributed by atoms with Crippen LogP contribution in [0, 0.1) is 6.92 Å². The van der Waals surface area contributed by atoms with Crippen molar-refractivity contribution >= 4 is 119 Å². The molecule has 0 spiro atoms. The fourth-order valence-electron chi connectivity index (χ4n) is 6.72. The van der Waals surface area contributed by atoms with Crippen molar-refractivity contribution in [1.82, 2.24) is 0 Å². The molecule has 0 aliphatic rings. The third-order valence-electron chi connectivity index (χ3n) is 9.66. The van der Waals surface area contributed by atoms with Crippen LogP contribution in [0.15, 0.2) is 185 Å². The highest BCUT2D eigenvalue weighted by atomic mass is 32.2. The zero-order valence-electron chi connectivity index (χ0n) is 35.1. The standard InChI is InChI=1S/C17H15N.C10H9NO6S2.2C10H9NO3S/c1-13-7-5-8-14-9-6-12-16(17(13)14)18-15-10-3-2-4-11-15;11-9-4-6-1-2-8(18-17-16-12)3-7(6)5-10(9)19(13,14)15;11-9-5-1-4-8-7(9)3-2-6-10(8)12-13-14-15;11-10-3-1-2-7-4-5-8(6-9(7)10)15-14-13-12/h2-12,18H,1H3;1-5,12H,11H2,(H,13,14,15);1-6,15H,11H2;1-6,12H,11H2. The molecule has 0 radical (unpaired) electrons. The number of nitrogens with two attached hydrogens (primary N) is 3. The zero-order valence-corrected chi connectivity index (χ0v) is 38.4. The van der Waals surface area contributed by atoms with E-state index in [9.17, 15) is 8.42 Å². The molecule has 20 heteroatoms. The van der Waals surface area contributed by atoms with Crippen molar-refractivity contribution in [3.63, 3.8) is 0 Å². The second-order valence-electron chi connectivity index (χ2n) is 14.0. The van der Waals surface area contributed by atoms with Gasteiger partial charge in [-0.2, -0.15) is 8.42 Å². The largest absolute Gasteiger partial charge is 0.398 e. The van der Waals surface area contributed by atoms with Crippen LogP contribution in [0.4, 0.5) is 28.4 Å². The van der Waals surface area contributed by atoms with Gasteiger partial charge in [-0.1, -0.05) is 107 Å². The molecule has 0 aromatic heterocycles. The summed E-state index contributed by atoms with van der Waals surface area (Å²) in [6.07, 6.45) is 0. The number of rotatable bonds is 12. The van der Waals surface area contributed by atoms with Crippen LogP contribution in [0.5, 0.6) is 5.75 Å². The quantitative estimate of drug-likeness (QED) is 0.0141. The van der Waals surface area contributed by atoms with Gasteiger partial charge < -0.3 is 27.4 Å². The van der Waals surface area contributed by atoms with E-state index in [-0.39, 0.29) is 10.6 Å². The molecule has 9 rings (SSSR count). The average Bonchev–Trinajstić information content (AvgIpc) is 3.33. The molecular weight excluding hydrogens is 941 g/mol. The fourth-order valence-corrected chi connectivity index (χ4v) is 8.19. The highest BCUT2D eigenvalue weighted by molar-refractivity contribution is 7.94. The maximum absolute atomic E-state index is 11.1. The van der Waals surface area contributed by atoms with E-state index in [1.54, 1.807) is 24.3 Å². The van der Waals surface area contributed by atoms with E-state index < -0.39 is 10.1 Å². The Balaban J connectivity index is 0.000000148. The summed E-state index contributed by atoms with van der Waals surface area (Å²) in [5, 5.41) is 38.4. The van der Waals surface area contributed by atoms with Crippen molar-refractivity contribution in [2.45, 2.75) is 21.6 Å². The summed E-state index contributed by atoms with van der Waals surface area (Å²) in [4.78, 5) is 5.87. The lowest BCUT2D eigenvalue weighted by molar-refractivity contribution is -0.432. The Morgan fingerprint density at radius 2 is 1.16 bits per heavy atom. The first-order valence-corrected chi connectivity index (χ1v) is 22.8. The predicted molar refractivity (Wildman–Crippen MR) is 266 cm³/mol. The Morgan fingerprint density at radius 3 is 1.85 bits per heavy atom. The third-order valence-corrected chi connectivity index (χ3v) is 11.8. The van der Waals surface area contributed by atoms with Crippen molar-refractivity contribution in [2.24, 2.45) is 0 Å². The first-order valence-electron chi connectivity index (χ1n) is 19.5. The van der Waals surface area contributed by atoms with Gasteiger partial charge in [-0.3, -0.25) is 4.55 Å². The van der Waals surface area contributed by atoms with Gasteiger partial charge in [0.2, 0.25) is 0 Å². The molecule has 67 heavy (non-hydrogen) atoms. The highest BCUT2D eigenvalue weighted by Gasteiger charge is 2.15. The van der Waals surface area contributed by atoms with Crippen molar-refractivity contribution < 1.29 is 56.5 Å².